The van der Waals surface area contributed by atoms with Crippen LogP contribution in [0.15, 0.2) is 29.2 Å². The van der Waals surface area contributed by atoms with Gasteiger partial charge in [0.05, 0.1) is 10.6 Å². The second-order valence-corrected chi connectivity index (χ2v) is 8.53. The van der Waals surface area contributed by atoms with Gasteiger partial charge in [0.2, 0.25) is 0 Å². The molecule has 0 aromatic heterocycles. The smallest absolute Gasteiger partial charge is 0.180 e. The molecule has 4 nitrogen and oxygen atoms in total. The molecule has 116 valence electrons. The van der Waals surface area contributed by atoms with Gasteiger partial charge in [-0.1, -0.05) is 18.2 Å². The zero-order valence-electron chi connectivity index (χ0n) is 12.7. The van der Waals surface area contributed by atoms with Gasteiger partial charge in [0.1, 0.15) is 0 Å². The first kappa shape index (κ1) is 15.0. The van der Waals surface area contributed by atoms with E-state index in [4.69, 9.17) is 0 Å². The van der Waals surface area contributed by atoms with Gasteiger partial charge in [-0.2, -0.15) is 0 Å². The van der Waals surface area contributed by atoms with Crippen LogP contribution in [0.4, 0.5) is 0 Å². The molecule has 0 bridgehead atoms. The molecule has 0 spiro atoms. The second-order valence-electron chi connectivity index (χ2n) is 6.52. The molecule has 5 heteroatoms. The fourth-order valence-corrected chi connectivity index (χ4v) is 5.20. The Labute approximate surface area is 127 Å². The summed E-state index contributed by atoms with van der Waals surface area (Å²) in [5.74, 6) is 0.829. The van der Waals surface area contributed by atoms with Gasteiger partial charge < -0.3 is 10.2 Å². The Morgan fingerprint density at radius 2 is 2.10 bits per heavy atom. The first-order valence-electron chi connectivity index (χ1n) is 7.76. The highest BCUT2D eigenvalue weighted by molar-refractivity contribution is 7.91. The van der Waals surface area contributed by atoms with Gasteiger partial charge in [-0.25, -0.2) is 8.42 Å². The minimum Gasteiger partial charge on any atom is -0.309 e. The Hall–Kier alpha value is -0.910. The number of rotatable bonds is 4. The molecule has 0 aliphatic carbocycles. The Morgan fingerprint density at radius 3 is 2.81 bits per heavy atom. The first-order chi connectivity index (χ1) is 9.97. The van der Waals surface area contributed by atoms with Crippen molar-refractivity contribution in [1.29, 1.82) is 0 Å². The number of sulfone groups is 1. The molecule has 0 radical (unpaired) electrons. The zero-order valence-corrected chi connectivity index (χ0v) is 13.6. The quantitative estimate of drug-likeness (QED) is 0.922. The van der Waals surface area contributed by atoms with Crippen molar-refractivity contribution in [2.24, 2.45) is 5.92 Å². The molecule has 0 amide bonds. The van der Waals surface area contributed by atoms with Crippen LogP contribution in [0.5, 0.6) is 0 Å². The second kappa shape index (κ2) is 5.71. The van der Waals surface area contributed by atoms with Crippen molar-refractivity contribution in [3.05, 3.63) is 29.8 Å². The van der Waals surface area contributed by atoms with Crippen molar-refractivity contribution >= 4 is 9.84 Å². The molecular weight excluding hydrogens is 284 g/mol. The predicted molar refractivity (Wildman–Crippen MR) is 84.1 cm³/mol. The van der Waals surface area contributed by atoms with Gasteiger partial charge in [-0.15, -0.1) is 0 Å². The third kappa shape index (κ3) is 3.00. The van der Waals surface area contributed by atoms with E-state index < -0.39 is 9.84 Å². The zero-order chi connectivity index (χ0) is 15.0. The summed E-state index contributed by atoms with van der Waals surface area (Å²) in [5.41, 5.74) is 0.941. The van der Waals surface area contributed by atoms with Crippen LogP contribution in [-0.2, 0) is 9.84 Å². The molecule has 1 aromatic rings. The summed E-state index contributed by atoms with van der Waals surface area (Å²) in [4.78, 5) is 3.00. The van der Waals surface area contributed by atoms with Gasteiger partial charge in [-0.05, 0) is 50.9 Å². The molecule has 2 unspecified atom stereocenters. The van der Waals surface area contributed by atoms with E-state index in [1.165, 1.54) is 6.42 Å². The molecular formula is C16H24N2O2S. The lowest BCUT2D eigenvalue weighted by molar-refractivity contribution is 0.263. The summed E-state index contributed by atoms with van der Waals surface area (Å²) in [6.07, 6.45) is 1.20. The molecule has 1 fully saturated rings. The third-order valence-electron chi connectivity index (χ3n) is 4.72. The van der Waals surface area contributed by atoms with Crippen LogP contribution in [0.25, 0.3) is 0 Å². The Morgan fingerprint density at radius 1 is 1.33 bits per heavy atom. The van der Waals surface area contributed by atoms with Crippen molar-refractivity contribution in [2.75, 3.05) is 25.4 Å². The summed E-state index contributed by atoms with van der Waals surface area (Å²) < 4.78 is 24.3. The van der Waals surface area contributed by atoms with Crippen LogP contribution in [0.3, 0.4) is 0 Å². The number of hydrogen-bond donors (Lipinski definition) is 1. The number of fused-ring (bicyclic) bond motifs is 1. The van der Waals surface area contributed by atoms with Crippen molar-refractivity contribution in [2.45, 2.75) is 37.2 Å². The Kier molecular flexibility index (Phi) is 4.08. The van der Waals surface area contributed by atoms with Gasteiger partial charge in [0.15, 0.2) is 9.84 Å². The van der Waals surface area contributed by atoms with E-state index in [2.05, 4.69) is 24.1 Å². The lowest BCUT2D eigenvalue weighted by Gasteiger charge is -2.21. The normalized spacial score (nSPS) is 28.1. The maximum atomic E-state index is 12.2. The summed E-state index contributed by atoms with van der Waals surface area (Å²) in [5, 5.41) is 3.49. The standard InChI is InChI=1S/C16H24N2O2S/c1-12(2)18-8-7-13(10-18)9-17-15-11-21(19,20)16-6-4-3-5-14(15)16/h3-6,12-13,15,17H,7-11H2,1-2H3. The fraction of sp³-hybridized carbons (Fsp3) is 0.625. The van der Waals surface area contributed by atoms with Crippen molar-refractivity contribution in [3.8, 4) is 0 Å². The maximum Gasteiger partial charge on any atom is 0.180 e. The summed E-state index contributed by atoms with van der Waals surface area (Å²) in [6, 6.07) is 7.94. The molecule has 1 N–H and O–H groups in total. The number of nitrogens with one attached hydrogen (secondary N) is 1. The molecule has 0 saturated carbocycles. The molecule has 21 heavy (non-hydrogen) atoms. The number of hydrogen-bond acceptors (Lipinski definition) is 4. The molecule has 1 saturated heterocycles. The van der Waals surface area contributed by atoms with Crippen LogP contribution in [0, 0.1) is 5.92 Å². The largest absolute Gasteiger partial charge is 0.309 e. The SMILES string of the molecule is CC(C)N1CCC(CNC2CS(=O)(=O)c3ccccc32)C1. The minimum atomic E-state index is -3.10. The van der Waals surface area contributed by atoms with Crippen LogP contribution in [-0.4, -0.2) is 44.7 Å². The van der Waals surface area contributed by atoms with E-state index in [9.17, 15) is 8.42 Å². The van der Waals surface area contributed by atoms with Gasteiger partial charge in [-0.3, -0.25) is 0 Å². The first-order valence-corrected chi connectivity index (χ1v) is 9.41. The van der Waals surface area contributed by atoms with Crippen molar-refractivity contribution < 1.29 is 8.42 Å². The maximum absolute atomic E-state index is 12.2. The summed E-state index contributed by atoms with van der Waals surface area (Å²) in [6.45, 7) is 7.64. The topological polar surface area (TPSA) is 49.4 Å². The van der Waals surface area contributed by atoms with Crippen molar-refractivity contribution in [1.82, 2.24) is 10.2 Å². The lowest BCUT2D eigenvalue weighted by atomic mass is 10.1. The predicted octanol–water partition coefficient (Wildman–Crippen LogP) is 1.83. The van der Waals surface area contributed by atoms with Crippen LogP contribution in [0.2, 0.25) is 0 Å². The van der Waals surface area contributed by atoms with E-state index in [-0.39, 0.29) is 11.8 Å². The van der Waals surface area contributed by atoms with Crippen LogP contribution >= 0.6 is 0 Å². The third-order valence-corrected chi connectivity index (χ3v) is 6.53. The number of likely N-dealkylation sites (tertiary alicyclic amines) is 1. The molecule has 2 aliphatic rings. The average Bonchev–Trinajstić information content (AvgIpc) is 3.01. The van der Waals surface area contributed by atoms with Crippen LogP contribution in [0.1, 0.15) is 31.9 Å². The van der Waals surface area contributed by atoms with Gasteiger partial charge in [0.25, 0.3) is 0 Å². The molecule has 2 aliphatic heterocycles. The van der Waals surface area contributed by atoms with Crippen molar-refractivity contribution in [3.63, 3.8) is 0 Å². The van der Waals surface area contributed by atoms with E-state index in [0.717, 1.165) is 25.2 Å². The number of benzene rings is 1. The average molecular weight is 308 g/mol. The fourth-order valence-electron chi connectivity index (χ4n) is 3.43. The highest BCUT2D eigenvalue weighted by Gasteiger charge is 2.34. The minimum absolute atomic E-state index is 0.0423. The Bertz CT molecular complexity index is 612. The molecule has 3 rings (SSSR count). The summed E-state index contributed by atoms with van der Waals surface area (Å²) >= 11 is 0. The molecule has 2 atom stereocenters. The van der Waals surface area contributed by atoms with Gasteiger partial charge >= 0.3 is 0 Å². The molecule has 2 heterocycles. The lowest BCUT2D eigenvalue weighted by Crippen LogP contribution is -2.32. The number of nitrogens with zero attached hydrogens (tertiary/aromatic N) is 1. The van der Waals surface area contributed by atoms with Crippen LogP contribution < -0.4 is 5.32 Å². The van der Waals surface area contributed by atoms with E-state index in [0.29, 0.717) is 16.9 Å². The molecule has 1 aromatic carbocycles. The Balaban J connectivity index is 1.63. The van der Waals surface area contributed by atoms with Gasteiger partial charge in [0, 0.05) is 18.6 Å². The highest BCUT2D eigenvalue weighted by Crippen LogP contribution is 2.33. The monoisotopic (exact) mass is 308 g/mol. The van der Waals surface area contributed by atoms with E-state index >= 15 is 0 Å². The highest BCUT2D eigenvalue weighted by atomic mass is 32.2. The summed E-state index contributed by atoms with van der Waals surface area (Å²) in [7, 11) is -3.10. The van der Waals surface area contributed by atoms with E-state index in [1.54, 1.807) is 12.1 Å². The van der Waals surface area contributed by atoms with E-state index in [1.807, 2.05) is 12.1 Å².